The van der Waals surface area contributed by atoms with Crippen LogP contribution in [0.25, 0.3) is 10.2 Å². The molecular weight excluding hydrogens is 254 g/mol. The molecule has 0 radical (unpaired) electrons. The lowest BCUT2D eigenvalue weighted by atomic mass is 9.95. The molecule has 0 spiro atoms. The van der Waals surface area contributed by atoms with Gasteiger partial charge in [-0.3, -0.25) is 0 Å². The van der Waals surface area contributed by atoms with Crippen molar-refractivity contribution in [1.82, 2.24) is 9.97 Å². The zero-order valence-corrected chi connectivity index (χ0v) is 11.0. The van der Waals surface area contributed by atoms with Crippen LogP contribution < -0.4 is 5.32 Å². The fourth-order valence-electron chi connectivity index (χ4n) is 2.38. The van der Waals surface area contributed by atoms with Gasteiger partial charge in [0.1, 0.15) is 10.6 Å². The first-order valence-electron chi connectivity index (χ1n) is 6.00. The number of hydrogen-bond acceptors (Lipinski definition) is 4. The fourth-order valence-corrected chi connectivity index (χ4v) is 3.36. The summed E-state index contributed by atoms with van der Waals surface area (Å²) in [4.78, 5) is 9.50. The molecule has 1 N–H and O–H groups in total. The number of fused-ring (bicyclic) bond motifs is 1. The number of thiophene rings is 1. The lowest BCUT2D eigenvalue weighted by molar-refractivity contribution is 0.462. The molecule has 0 bridgehead atoms. The van der Waals surface area contributed by atoms with Crippen LogP contribution in [0.4, 0.5) is 5.82 Å². The van der Waals surface area contributed by atoms with Crippen molar-refractivity contribution >= 4 is 39.0 Å². The molecular formula is C12H14ClN3S. The van der Waals surface area contributed by atoms with E-state index in [2.05, 4.69) is 21.4 Å². The molecule has 1 fully saturated rings. The van der Waals surface area contributed by atoms with E-state index in [9.17, 15) is 0 Å². The van der Waals surface area contributed by atoms with Crippen molar-refractivity contribution in [2.24, 2.45) is 0 Å². The summed E-state index contributed by atoms with van der Waals surface area (Å²) in [7, 11) is 0. The first-order chi connectivity index (χ1) is 8.33. The van der Waals surface area contributed by atoms with E-state index >= 15 is 0 Å². The third-order valence-corrected chi connectivity index (χ3v) is 4.22. The van der Waals surface area contributed by atoms with E-state index in [1.807, 2.05) is 5.38 Å². The van der Waals surface area contributed by atoms with Gasteiger partial charge in [-0.1, -0.05) is 19.3 Å². The number of nitrogens with one attached hydrogen (secondary N) is 1. The molecule has 2 aromatic rings. The number of rotatable bonds is 2. The molecule has 3 nitrogen and oxygen atoms in total. The highest BCUT2D eigenvalue weighted by atomic mass is 35.5. The zero-order chi connectivity index (χ0) is 11.7. The van der Waals surface area contributed by atoms with Crippen molar-refractivity contribution in [2.45, 2.75) is 38.1 Å². The van der Waals surface area contributed by atoms with Crippen molar-refractivity contribution < 1.29 is 0 Å². The van der Waals surface area contributed by atoms with Gasteiger partial charge in [-0.2, -0.15) is 0 Å². The molecule has 0 unspecified atom stereocenters. The van der Waals surface area contributed by atoms with E-state index < -0.39 is 0 Å². The average Bonchev–Trinajstić information content (AvgIpc) is 2.78. The smallest absolute Gasteiger partial charge is 0.225 e. The number of anilines is 1. The minimum Gasteiger partial charge on any atom is -0.367 e. The third kappa shape index (κ3) is 2.38. The van der Waals surface area contributed by atoms with Crippen LogP contribution in [0, 0.1) is 0 Å². The lowest BCUT2D eigenvalue weighted by Crippen LogP contribution is -2.23. The maximum atomic E-state index is 5.94. The molecule has 1 aliphatic rings. The Labute approximate surface area is 109 Å². The number of nitrogens with zero attached hydrogens (tertiary/aromatic N) is 2. The molecule has 0 aromatic carbocycles. The monoisotopic (exact) mass is 267 g/mol. The van der Waals surface area contributed by atoms with E-state index in [1.54, 1.807) is 11.3 Å². The van der Waals surface area contributed by atoms with Gasteiger partial charge < -0.3 is 5.32 Å². The van der Waals surface area contributed by atoms with Gasteiger partial charge in [-0.05, 0) is 35.9 Å². The summed E-state index contributed by atoms with van der Waals surface area (Å²) in [5.41, 5.74) is 0. The van der Waals surface area contributed by atoms with Gasteiger partial charge in [0, 0.05) is 6.04 Å². The lowest BCUT2D eigenvalue weighted by Gasteiger charge is -2.23. The Balaban J connectivity index is 1.90. The van der Waals surface area contributed by atoms with E-state index in [0.29, 0.717) is 11.3 Å². The molecule has 90 valence electrons. The van der Waals surface area contributed by atoms with Gasteiger partial charge in [0.15, 0.2) is 0 Å². The van der Waals surface area contributed by atoms with Crippen LogP contribution in [-0.4, -0.2) is 16.0 Å². The van der Waals surface area contributed by atoms with Gasteiger partial charge in [-0.15, -0.1) is 11.3 Å². The van der Waals surface area contributed by atoms with Crippen molar-refractivity contribution in [2.75, 3.05) is 5.32 Å². The quantitative estimate of drug-likeness (QED) is 0.833. The predicted molar refractivity (Wildman–Crippen MR) is 72.9 cm³/mol. The minimum atomic E-state index is 0.332. The van der Waals surface area contributed by atoms with Gasteiger partial charge in [-0.25, -0.2) is 9.97 Å². The fraction of sp³-hybridized carbons (Fsp3) is 0.500. The molecule has 3 rings (SSSR count). The molecule has 2 aromatic heterocycles. The Hall–Kier alpha value is -0.870. The van der Waals surface area contributed by atoms with Gasteiger partial charge >= 0.3 is 0 Å². The number of aromatic nitrogens is 2. The first kappa shape index (κ1) is 11.2. The highest BCUT2D eigenvalue weighted by molar-refractivity contribution is 7.16. The maximum Gasteiger partial charge on any atom is 0.225 e. The van der Waals surface area contributed by atoms with Gasteiger partial charge in [0.2, 0.25) is 5.28 Å². The van der Waals surface area contributed by atoms with Crippen LogP contribution >= 0.6 is 22.9 Å². The van der Waals surface area contributed by atoms with E-state index in [4.69, 9.17) is 11.6 Å². The highest BCUT2D eigenvalue weighted by Crippen LogP contribution is 2.29. The second-order valence-corrected chi connectivity index (χ2v) is 5.69. The molecule has 0 atom stereocenters. The van der Waals surface area contributed by atoms with Crippen molar-refractivity contribution in [3.63, 3.8) is 0 Å². The Morgan fingerprint density at radius 2 is 2.06 bits per heavy atom. The SMILES string of the molecule is Clc1nc(NC2CCCCC2)c2ccsc2n1. The Morgan fingerprint density at radius 3 is 2.88 bits per heavy atom. The topological polar surface area (TPSA) is 37.8 Å². The van der Waals surface area contributed by atoms with Crippen LogP contribution in [0.3, 0.4) is 0 Å². The summed E-state index contributed by atoms with van der Waals surface area (Å²) in [5.74, 6) is 0.896. The molecule has 2 heterocycles. The number of halogens is 1. The minimum absolute atomic E-state index is 0.332. The van der Waals surface area contributed by atoms with Gasteiger partial charge in [0.05, 0.1) is 5.39 Å². The molecule has 1 aliphatic carbocycles. The standard InChI is InChI=1S/C12H14ClN3S/c13-12-15-10(9-6-7-17-11(9)16-12)14-8-4-2-1-3-5-8/h6-8H,1-5H2,(H,14,15,16). The molecule has 5 heteroatoms. The Kier molecular flexibility index (Phi) is 3.16. The Bertz CT molecular complexity index is 519. The van der Waals surface area contributed by atoms with Crippen molar-refractivity contribution in [1.29, 1.82) is 0 Å². The van der Waals surface area contributed by atoms with Crippen molar-refractivity contribution in [3.8, 4) is 0 Å². The summed E-state index contributed by atoms with van der Waals surface area (Å²) in [6.07, 6.45) is 6.43. The summed E-state index contributed by atoms with van der Waals surface area (Å²) in [5, 5.41) is 6.97. The maximum absolute atomic E-state index is 5.94. The van der Waals surface area contributed by atoms with E-state index in [1.165, 1.54) is 32.1 Å². The summed E-state index contributed by atoms with van der Waals surface area (Å²) < 4.78 is 0. The summed E-state index contributed by atoms with van der Waals surface area (Å²) in [6, 6.07) is 2.60. The first-order valence-corrected chi connectivity index (χ1v) is 7.26. The van der Waals surface area contributed by atoms with Crippen LogP contribution in [-0.2, 0) is 0 Å². The molecule has 17 heavy (non-hydrogen) atoms. The van der Waals surface area contributed by atoms with Gasteiger partial charge in [0.25, 0.3) is 0 Å². The molecule has 0 saturated heterocycles. The van der Waals surface area contributed by atoms with Crippen LogP contribution in [0.15, 0.2) is 11.4 Å². The highest BCUT2D eigenvalue weighted by Gasteiger charge is 2.16. The largest absolute Gasteiger partial charge is 0.367 e. The zero-order valence-electron chi connectivity index (χ0n) is 9.45. The molecule has 0 aliphatic heterocycles. The number of hydrogen-bond donors (Lipinski definition) is 1. The Morgan fingerprint density at radius 1 is 1.24 bits per heavy atom. The van der Waals surface area contributed by atoms with E-state index in [0.717, 1.165) is 16.0 Å². The van der Waals surface area contributed by atoms with E-state index in [-0.39, 0.29) is 0 Å². The van der Waals surface area contributed by atoms with Crippen LogP contribution in [0.2, 0.25) is 5.28 Å². The second kappa shape index (κ2) is 4.78. The normalized spacial score (nSPS) is 17.5. The summed E-state index contributed by atoms with van der Waals surface area (Å²) in [6.45, 7) is 0. The molecule has 0 amide bonds. The second-order valence-electron chi connectivity index (χ2n) is 4.46. The molecule has 1 saturated carbocycles. The predicted octanol–water partition coefficient (Wildman–Crippen LogP) is 4.09. The summed E-state index contributed by atoms with van der Waals surface area (Å²) >= 11 is 7.54. The van der Waals surface area contributed by atoms with Crippen LogP contribution in [0.1, 0.15) is 32.1 Å². The van der Waals surface area contributed by atoms with Crippen molar-refractivity contribution in [3.05, 3.63) is 16.7 Å². The van der Waals surface area contributed by atoms with Crippen LogP contribution in [0.5, 0.6) is 0 Å². The average molecular weight is 268 g/mol. The third-order valence-electron chi connectivity index (χ3n) is 3.24.